The number of hydrogen-bond donors (Lipinski definition) is 1. The van der Waals surface area contributed by atoms with Crippen LogP contribution in [0.15, 0.2) is 54.6 Å². The first-order valence-electron chi connectivity index (χ1n) is 10.4. The molecule has 0 radical (unpaired) electrons. The normalized spacial score (nSPS) is 11.1. The first kappa shape index (κ1) is 22.3. The number of hydrogen-bond acceptors (Lipinski definition) is 5. The lowest BCUT2D eigenvalue weighted by atomic mass is 10.1. The molecule has 1 aromatic heterocycles. The Hall–Kier alpha value is -3.43. The molecule has 1 N–H and O–H groups in total. The maximum atomic E-state index is 12.0. The van der Waals surface area contributed by atoms with Crippen molar-refractivity contribution in [3.05, 3.63) is 65.2 Å². The van der Waals surface area contributed by atoms with Crippen LogP contribution in [0.25, 0.3) is 22.9 Å². The molecular weight excluding hydrogens is 404 g/mol. The average molecular weight is 431 g/mol. The Morgan fingerprint density at radius 3 is 2.35 bits per heavy atom. The highest BCUT2D eigenvalue weighted by Gasteiger charge is 2.17. The molecule has 1 heterocycles. The lowest BCUT2D eigenvalue weighted by molar-refractivity contribution is -0.115. The summed E-state index contributed by atoms with van der Waals surface area (Å²) in [6.45, 7) is 7.97. The maximum absolute atomic E-state index is 12.0. The second-order valence-corrected chi connectivity index (χ2v) is 7.90. The molecule has 31 heavy (non-hydrogen) atoms. The highest BCUT2D eigenvalue weighted by Crippen LogP contribution is 2.36. The fraction of sp³-hybridized carbons (Fsp3) is 0.240. The van der Waals surface area contributed by atoms with Crippen LogP contribution < -0.4 is 10.2 Å². The van der Waals surface area contributed by atoms with Crippen LogP contribution in [0.5, 0.6) is 0 Å². The van der Waals surface area contributed by atoms with E-state index in [0.717, 1.165) is 29.9 Å². The van der Waals surface area contributed by atoms with E-state index in [2.05, 4.69) is 42.3 Å². The molecule has 0 bridgehead atoms. The molecule has 3 aromatic rings. The zero-order valence-electron chi connectivity index (χ0n) is 18.1. The Balaban J connectivity index is 1.97. The van der Waals surface area contributed by atoms with Gasteiger partial charge < -0.3 is 10.2 Å². The van der Waals surface area contributed by atoms with E-state index in [4.69, 9.17) is 4.98 Å². The van der Waals surface area contributed by atoms with Gasteiger partial charge >= 0.3 is 0 Å². The monoisotopic (exact) mass is 430 g/mol. The van der Waals surface area contributed by atoms with Crippen molar-refractivity contribution in [1.29, 1.82) is 5.26 Å². The summed E-state index contributed by atoms with van der Waals surface area (Å²) in [6, 6.07) is 20.1. The van der Waals surface area contributed by atoms with E-state index in [1.807, 2.05) is 55.5 Å². The maximum Gasteiger partial charge on any atom is 0.224 e. The van der Waals surface area contributed by atoms with Gasteiger partial charge in [0.25, 0.3) is 0 Å². The molecule has 0 unspecified atom stereocenters. The van der Waals surface area contributed by atoms with Crippen LogP contribution in [0.4, 0.5) is 10.7 Å². The summed E-state index contributed by atoms with van der Waals surface area (Å²) in [6.07, 6.45) is 2.21. The van der Waals surface area contributed by atoms with Gasteiger partial charge in [-0.3, -0.25) is 4.79 Å². The molecule has 0 aliphatic heterocycles. The molecule has 158 valence electrons. The fourth-order valence-electron chi connectivity index (χ4n) is 3.21. The molecule has 0 saturated carbocycles. The Bertz CT molecular complexity index is 1090. The Morgan fingerprint density at radius 2 is 1.77 bits per heavy atom. The number of rotatable bonds is 8. The number of amides is 1. The largest absolute Gasteiger partial charge is 0.372 e. The molecule has 0 atom stereocenters. The number of nitriles is 1. The highest BCUT2D eigenvalue weighted by atomic mass is 32.1. The van der Waals surface area contributed by atoms with Crippen LogP contribution in [0.2, 0.25) is 0 Å². The predicted octanol–water partition coefficient (Wildman–Crippen LogP) is 6.07. The lowest BCUT2D eigenvalue weighted by Crippen LogP contribution is -2.21. The van der Waals surface area contributed by atoms with E-state index < -0.39 is 0 Å². The third-order valence-electron chi connectivity index (χ3n) is 4.93. The molecule has 0 aliphatic rings. The van der Waals surface area contributed by atoms with E-state index >= 15 is 0 Å². The first-order valence-corrected chi connectivity index (χ1v) is 11.2. The van der Waals surface area contributed by atoms with Crippen molar-refractivity contribution in [2.45, 2.75) is 27.2 Å². The van der Waals surface area contributed by atoms with Crippen LogP contribution in [0.3, 0.4) is 0 Å². The minimum atomic E-state index is -0.0816. The van der Waals surface area contributed by atoms with Crippen molar-refractivity contribution in [3.8, 4) is 17.3 Å². The van der Waals surface area contributed by atoms with Gasteiger partial charge in [-0.2, -0.15) is 5.26 Å². The van der Waals surface area contributed by atoms with Gasteiger partial charge in [0.05, 0.1) is 5.57 Å². The zero-order chi connectivity index (χ0) is 22.2. The number of carbonyl (C=O) groups is 1. The SMILES string of the molecule is CCC(=O)Nc1sc(/C(C#N)=C/c2ccc(N(CC)CC)cc2)nc1-c1ccccc1. The third-order valence-corrected chi connectivity index (χ3v) is 5.94. The summed E-state index contributed by atoms with van der Waals surface area (Å²) < 4.78 is 0. The summed E-state index contributed by atoms with van der Waals surface area (Å²) in [5, 5.41) is 14.0. The molecule has 0 saturated heterocycles. The van der Waals surface area contributed by atoms with Crippen molar-refractivity contribution in [2.75, 3.05) is 23.3 Å². The standard InChI is InChI=1S/C25H26N4OS/c1-4-22(30)27-25-23(19-10-8-7-9-11-19)28-24(31-25)20(17-26)16-18-12-14-21(15-13-18)29(5-2)6-3/h7-16H,4-6H2,1-3H3,(H,27,30)/b20-16+. The van der Waals surface area contributed by atoms with Gasteiger partial charge in [0, 0.05) is 30.8 Å². The van der Waals surface area contributed by atoms with Gasteiger partial charge in [0.2, 0.25) is 5.91 Å². The van der Waals surface area contributed by atoms with Gasteiger partial charge in [-0.05, 0) is 37.6 Å². The van der Waals surface area contributed by atoms with Crippen molar-refractivity contribution >= 4 is 39.6 Å². The highest BCUT2D eigenvalue weighted by molar-refractivity contribution is 7.17. The number of benzene rings is 2. The van der Waals surface area contributed by atoms with Crippen LogP contribution in [0, 0.1) is 11.3 Å². The number of anilines is 2. The predicted molar refractivity (Wildman–Crippen MR) is 130 cm³/mol. The number of thiazole rings is 1. The molecule has 3 rings (SSSR count). The molecule has 0 fully saturated rings. The molecule has 6 heteroatoms. The Kier molecular flexibility index (Phi) is 7.58. The first-order chi connectivity index (χ1) is 15.1. The second kappa shape index (κ2) is 10.6. The van der Waals surface area contributed by atoms with E-state index in [1.54, 1.807) is 0 Å². The van der Waals surface area contributed by atoms with Crippen LogP contribution in [0.1, 0.15) is 37.8 Å². The van der Waals surface area contributed by atoms with Crippen molar-refractivity contribution in [3.63, 3.8) is 0 Å². The summed E-state index contributed by atoms with van der Waals surface area (Å²) in [7, 11) is 0. The minimum Gasteiger partial charge on any atom is -0.372 e. The minimum absolute atomic E-state index is 0.0816. The number of nitrogens with zero attached hydrogens (tertiary/aromatic N) is 3. The topological polar surface area (TPSA) is 69.0 Å². The number of allylic oxidation sites excluding steroid dienone is 1. The smallest absolute Gasteiger partial charge is 0.224 e. The van der Waals surface area contributed by atoms with Crippen LogP contribution >= 0.6 is 11.3 Å². The summed E-state index contributed by atoms with van der Waals surface area (Å²) >= 11 is 1.32. The fourth-order valence-corrected chi connectivity index (χ4v) is 4.18. The molecule has 2 aromatic carbocycles. The van der Waals surface area contributed by atoms with Gasteiger partial charge in [-0.15, -0.1) is 0 Å². The average Bonchev–Trinajstić information content (AvgIpc) is 3.23. The number of aromatic nitrogens is 1. The van der Waals surface area contributed by atoms with Gasteiger partial charge in [-0.1, -0.05) is 60.7 Å². The van der Waals surface area contributed by atoms with Gasteiger partial charge in [-0.25, -0.2) is 4.98 Å². The quantitative estimate of drug-likeness (QED) is 0.440. The zero-order valence-corrected chi connectivity index (χ0v) is 18.9. The van der Waals surface area contributed by atoms with Crippen molar-refractivity contribution in [2.24, 2.45) is 0 Å². The Morgan fingerprint density at radius 1 is 1.10 bits per heavy atom. The lowest BCUT2D eigenvalue weighted by Gasteiger charge is -2.20. The summed E-state index contributed by atoms with van der Waals surface area (Å²) in [5.74, 6) is -0.0816. The second-order valence-electron chi connectivity index (χ2n) is 6.90. The molecule has 0 spiro atoms. The van der Waals surface area contributed by atoms with Crippen molar-refractivity contribution in [1.82, 2.24) is 4.98 Å². The Labute approximate surface area is 187 Å². The molecule has 0 aliphatic carbocycles. The summed E-state index contributed by atoms with van der Waals surface area (Å²) in [4.78, 5) is 19.0. The van der Waals surface area contributed by atoms with Crippen molar-refractivity contribution < 1.29 is 4.79 Å². The van der Waals surface area contributed by atoms with Gasteiger partial charge in [0.1, 0.15) is 21.8 Å². The number of nitrogens with one attached hydrogen (secondary N) is 1. The van der Waals surface area contributed by atoms with E-state index in [-0.39, 0.29) is 5.91 Å². The molecule has 1 amide bonds. The number of carbonyl (C=O) groups excluding carboxylic acids is 1. The third kappa shape index (κ3) is 5.39. The summed E-state index contributed by atoms with van der Waals surface area (Å²) in [5.41, 5.74) is 4.14. The van der Waals surface area contributed by atoms with Crippen LogP contribution in [-0.4, -0.2) is 24.0 Å². The van der Waals surface area contributed by atoms with Crippen LogP contribution in [-0.2, 0) is 4.79 Å². The van der Waals surface area contributed by atoms with E-state index in [1.165, 1.54) is 11.3 Å². The van der Waals surface area contributed by atoms with Gasteiger partial charge in [0.15, 0.2) is 0 Å². The van der Waals surface area contributed by atoms with E-state index in [9.17, 15) is 10.1 Å². The molecular formula is C25H26N4OS. The molecule has 5 nitrogen and oxygen atoms in total. The van der Waals surface area contributed by atoms with E-state index in [0.29, 0.717) is 27.7 Å².